The number of amides is 1. The number of nitrogens with one attached hydrogen (secondary N) is 1. The van der Waals surface area contributed by atoms with Crippen LogP contribution < -0.4 is 5.32 Å². The standard InChI is InChI=1S/C21H22ClN3O3S/c1-29-19-5-3-2-4-17(19)23-20(26)27-25-12-10-21(11-13-25)14-18(24-28-21)15-6-8-16(22)9-7-15/h2-9H,10-14H2,1H3,(H,23,26). The summed E-state index contributed by atoms with van der Waals surface area (Å²) < 4.78 is 0. The molecule has 0 aliphatic carbocycles. The predicted molar refractivity (Wildman–Crippen MR) is 116 cm³/mol. The number of piperidine rings is 1. The second-order valence-electron chi connectivity index (χ2n) is 7.13. The van der Waals surface area contributed by atoms with Crippen LogP contribution in [0.3, 0.4) is 0 Å². The normalized spacial score (nSPS) is 18.2. The van der Waals surface area contributed by atoms with Crippen molar-refractivity contribution in [3.05, 3.63) is 59.1 Å². The van der Waals surface area contributed by atoms with E-state index in [4.69, 9.17) is 21.3 Å². The van der Waals surface area contributed by atoms with Crippen LogP contribution in [0.25, 0.3) is 0 Å². The van der Waals surface area contributed by atoms with Gasteiger partial charge >= 0.3 is 6.09 Å². The van der Waals surface area contributed by atoms with Crippen molar-refractivity contribution in [2.75, 3.05) is 24.7 Å². The van der Waals surface area contributed by atoms with Crippen molar-refractivity contribution >= 4 is 40.9 Å². The maximum atomic E-state index is 12.3. The van der Waals surface area contributed by atoms with Crippen molar-refractivity contribution in [1.82, 2.24) is 5.06 Å². The van der Waals surface area contributed by atoms with Gasteiger partial charge in [0.1, 0.15) is 5.60 Å². The molecule has 0 atom stereocenters. The van der Waals surface area contributed by atoms with E-state index in [2.05, 4.69) is 10.5 Å². The number of carbonyl (C=O) groups is 1. The summed E-state index contributed by atoms with van der Waals surface area (Å²) in [5.41, 5.74) is 2.38. The summed E-state index contributed by atoms with van der Waals surface area (Å²) >= 11 is 7.54. The van der Waals surface area contributed by atoms with Crippen LogP contribution in [0.1, 0.15) is 24.8 Å². The minimum atomic E-state index is -0.479. The van der Waals surface area contributed by atoms with Gasteiger partial charge in [-0.15, -0.1) is 16.8 Å². The summed E-state index contributed by atoms with van der Waals surface area (Å²) in [5.74, 6) is 0. The van der Waals surface area contributed by atoms with Gasteiger partial charge in [0.2, 0.25) is 0 Å². The molecule has 2 heterocycles. The lowest BCUT2D eigenvalue weighted by Crippen LogP contribution is -2.45. The third kappa shape index (κ3) is 4.69. The number of rotatable bonds is 4. The monoisotopic (exact) mass is 431 g/mol. The molecule has 2 aliphatic heterocycles. The quantitative estimate of drug-likeness (QED) is 0.675. The van der Waals surface area contributed by atoms with Crippen LogP contribution in [0.15, 0.2) is 58.6 Å². The van der Waals surface area contributed by atoms with E-state index in [0.29, 0.717) is 18.1 Å². The molecule has 1 amide bonds. The highest BCUT2D eigenvalue weighted by atomic mass is 35.5. The summed E-state index contributed by atoms with van der Waals surface area (Å²) in [5, 5.41) is 9.51. The first-order valence-corrected chi connectivity index (χ1v) is 11.1. The summed E-state index contributed by atoms with van der Waals surface area (Å²) in [7, 11) is 0. The second kappa shape index (κ2) is 8.65. The summed E-state index contributed by atoms with van der Waals surface area (Å²) in [4.78, 5) is 24.6. The number of oxime groups is 1. The van der Waals surface area contributed by atoms with Gasteiger partial charge in [-0.05, 0) is 36.1 Å². The third-order valence-electron chi connectivity index (χ3n) is 5.21. The fraction of sp³-hybridized carbons (Fsp3) is 0.333. The van der Waals surface area contributed by atoms with Crippen molar-refractivity contribution in [1.29, 1.82) is 0 Å². The van der Waals surface area contributed by atoms with Gasteiger partial charge in [-0.25, -0.2) is 4.79 Å². The van der Waals surface area contributed by atoms with E-state index in [1.807, 2.05) is 54.8 Å². The first kappa shape index (κ1) is 20.1. The maximum absolute atomic E-state index is 12.3. The molecule has 2 aliphatic rings. The molecule has 0 radical (unpaired) electrons. The topological polar surface area (TPSA) is 63.2 Å². The molecule has 1 spiro atoms. The van der Waals surface area contributed by atoms with Gasteiger partial charge in [0.05, 0.1) is 11.4 Å². The molecule has 8 heteroatoms. The Bertz CT molecular complexity index is 912. The largest absolute Gasteiger partial charge is 0.430 e. The van der Waals surface area contributed by atoms with Crippen LogP contribution in [0.5, 0.6) is 0 Å². The molecular weight excluding hydrogens is 410 g/mol. The van der Waals surface area contributed by atoms with Crippen molar-refractivity contribution in [2.45, 2.75) is 29.8 Å². The zero-order chi connectivity index (χ0) is 20.3. The average Bonchev–Trinajstić information content (AvgIpc) is 3.14. The zero-order valence-electron chi connectivity index (χ0n) is 16.1. The molecule has 0 unspecified atom stereocenters. The van der Waals surface area contributed by atoms with Gasteiger partial charge in [-0.3, -0.25) is 5.32 Å². The third-order valence-corrected chi connectivity index (χ3v) is 6.25. The number of thioether (sulfide) groups is 1. The lowest BCUT2D eigenvalue weighted by molar-refractivity contribution is -0.154. The van der Waals surface area contributed by atoms with Crippen LogP contribution in [-0.2, 0) is 9.68 Å². The number of hydrogen-bond donors (Lipinski definition) is 1. The van der Waals surface area contributed by atoms with Crippen molar-refractivity contribution in [3.63, 3.8) is 0 Å². The zero-order valence-corrected chi connectivity index (χ0v) is 17.6. The Morgan fingerprint density at radius 2 is 1.93 bits per heavy atom. The maximum Gasteiger partial charge on any atom is 0.430 e. The van der Waals surface area contributed by atoms with E-state index in [1.54, 1.807) is 16.8 Å². The van der Waals surface area contributed by atoms with E-state index in [0.717, 1.165) is 41.1 Å². The van der Waals surface area contributed by atoms with Gasteiger partial charge in [0.15, 0.2) is 0 Å². The number of carbonyl (C=O) groups excluding carboxylic acids is 1. The Balaban J connectivity index is 1.29. The molecule has 2 aromatic rings. The summed E-state index contributed by atoms with van der Waals surface area (Å²) in [6.07, 6.45) is 3.71. The smallest absolute Gasteiger partial charge is 0.388 e. The number of nitrogens with zero attached hydrogens (tertiary/aromatic N) is 2. The number of halogens is 1. The van der Waals surface area contributed by atoms with Crippen LogP contribution in [0, 0.1) is 0 Å². The predicted octanol–water partition coefficient (Wildman–Crippen LogP) is 5.18. The number of hydrogen-bond acceptors (Lipinski definition) is 6. The van der Waals surface area contributed by atoms with Crippen LogP contribution in [0.4, 0.5) is 10.5 Å². The summed E-state index contributed by atoms with van der Waals surface area (Å²) in [6.45, 7) is 1.20. The molecule has 0 bridgehead atoms. The SMILES string of the molecule is CSc1ccccc1NC(=O)ON1CCC2(CC1)CC(c1ccc(Cl)cc1)=NO2. The molecule has 1 saturated heterocycles. The first-order chi connectivity index (χ1) is 14.1. The molecule has 29 heavy (non-hydrogen) atoms. The lowest BCUT2D eigenvalue weighted by atomic mass is 9.86. The number of para-hydroxylation sites is 1. The van der Waals surface area contributed by atoms with E-state index >= 15 is 0 Å². The van der Waals surface area contributed by atoms with Gasteiger partial charge in [0, 0.05) is 42.3 Å². The fourth-order valence-corrected chi connectivity index (χ4v) is 4.25. The average molecular weight is 432 g/mol. The molecule has 4 rings (SSSR count). The molecule has 6 nitrogen and oxygen atoms in total. The van der Waals surface area contributed by atoms with Crippen molar-refractivity contribution in [3.8, 4) is 0 Å². The Hall–Kier alpha value is -2.22. The Labute approximate surface area is 179 Å². The second-order valence-corrected chi connectivity index (χ2v) is 8.41. The Kier molecular flexibility index (Phi) is 5.99. The van der Waals surface area contributed by atoms with Gasteiger partial charge in [-0.1, -0.05) is 41.0 Å². The number of benzene rings is 2. The first-order valence-electron chi connectivity index (χ1n) is 9.45. The van der Waals surface area contributed by atoms with Crippen LogP contribution in [0.2, 0.25) is 5.02 Å². The fourth-order valence-electron chi connectivity index (χ4n) is 3.57. The van der Waals surface area contributed by atoms with Gasteiger partial charge < -0.3 is 9.68 Å². The van der Waals surface area contributed by atoms with E-state index in [1.165, 1.54) is 0 Å². The Morgan fingerprint density at radius 3 is 2.66 bits per heavy atom. The number of hydroxylamine groups is 2. The highest BCUT2D eigenvalue weighted by Gasteiger charge is 2.43. The molecular formula is C21H22ClN3O3S. The molecule has 1 fully saturated rings. The highest BCUT2D eigenvalue weighted by molar-refractivity contribution is 7.98. The molecule has 152 valence electrons. The van der Waals surface area contributed by atoms with E-state index in [9.17, 15) is 4.79 Å². The number of anilines is 1. The van der Waals surface area contributed by atoms with Gasteiger partial charge in [-0.2, -0.15) is 0 Å². The Morgan fingerprint density at radius 1 is 1.21 bits per heavy atom. The molecule has 0 aromatic heterocycles. The minimum absolute atomic E-state index is 0.323. The van der Waals surface area contributed by atoms with E-state index < -0.39 is 6.09 Å². The highest BCUT2D eigenvalue weighted by Crippen LogP contribution is 2.36. The van der Waals surface area contributed by atoms with Crippen molar-refractivity contribution in [2.24, 2.45) is 5.16 Å². The molecule has 0 saturated carbocycles. The lowest BCUT2D eigenvalue weighted by Gasteiger charge is -2.35. The van der Waals surface area contributed by atoms with Crippen LogP contribution in [-0.4, -0.2) is 41.8 Å². The van der Waals surface area contributed by atoms with Crippen LogP contribution >= 0.6 is 23.4 Å². The minimum Gasteiger partial charge on any atom is -0.388 e. The van der Waals surface area contributed by atoms with E-state index in [-0.39, 0.29) is 5.60 Å². The molecule has 1 N–H and O–H groups in total. The van der Waals surface area contributed by atoms with Crippen molar-refractivity contribution < 1.29 is 14.5 Å². The van der Waals surface area contributed by atoms with Gasteiger partial charge in [0.25, 0.3) is 0 Å². The summed E-state index contributed by atoms with van der Waals surface area (Å²) in [6, 6.07) is 15.3. The molecule has 2 aromatic carbocycles.